The predicted octanol–water partition coefficient (Wildman–Crippen LogP) is 0.955. The van der Waals surface area contributed by atoms with E-state index in [0.29, 0.717) is 64.2 Å². The van der Waals surface area contributed by atoms with E-state index in [1.807, 2.05) is 6.08 Å². The van der Waals surface area contributed by atoms with Crippen LogP contribution in [-0.4, -0.2) is 272 Å². The van der Waals surface area contributed by atoms with E-state index in [1.54, 1.807) is 32.9 Å². The first-order valence-corrected chi connectivity index (χ1v) is 34.4. The fourth-order valence-corrected chi connectivity index (χ4v) is 12.4. The number of rotatable bonds is 51. The van der Waals surface area contributed by atoms with Crippen molar-refractivity contribution in [2.75, 3.05) is 6.61 Å². The summed E-state index contributed by atoms with van der Waals surface area (Å²) in [7, 11) is 0. The van der Waals surface area contributed by atoms with Gasteiger partial charge in [0.05, 0.1) is 92.1 Å². The number of hydrogen-bond donors (Lipinski definition) is 22. The second kappa shape index (κ2) is 47.3. The Labute approximate surface area is 550 Å². The van der Waals surface area contributed by atoms with Crippen molar-refractivity contribution in [1.82, 2.24) is 0 Å². The lowest BCUT2D eigenvalue weighted by Crippen LogP contribution is -2.61. The van der Waals surface area contributed by atoms with Gasteiger partial charge >= 0.3 is 0 Å². The Kier molecular flexibility index (Phi) is 44.4. The smallest absolute Gasteiger partial charge is 0.115 e. The summed E-state index contributed by atoms with van der Waals surface area (Å²) in [6, 6.07) is 0. The SMILES string of the molecule is C=C(CCC(O)C1OC(CC(O)C(O)C(C)CCCC(O)C(O)C(O)C(C)CCC(O)C(O)C(C)CC(O)CCCC(O)CCCC(O)CCCC(O)CO)C(O)C(O)C1O)C(O)C(O)C1CC(O)C(O)C(C(O)C(O)/C=C/CCCCCCCC/C=C/C=C/Cl)O1. The van der Waals surface area contributed by atoms with E-state index in [-0.39, 0.29) is 70.0 Å². The van der Waals surface area contributed by atoms with Crippen LogP contribution in [0.25, 0.3) is 0 Å². The van der Waals surface area contributed by atoms with Crippen LogP contribution in [0.1, 0.15) is 194 Å². The number of allylic oxidation sites excluding steroid dienone is 4. The largest absolute Gasteiger partial charge is 0.394 e. The van der Waals surface area contributed by atoms with Crippen LogP contribution in [0.3, 0.4) is 0 Å². The van der Waals surface area contributed by atoms with Crippen LogP contribution in [0, 0.1) is 17.8 Å². The summed E-state index contributed by atoms with van der Waals surface area (Å²) in [6.07, 6.45) is -15.1. The standard InChI is InChI=1S/C67H123ClO24/c1-39(21-17-29-47(74)59(84)57(82)40(2)30-32-49(76)56(81)42(4)35-45(72)26-19-24-43(70)22-18-23-44(71)25-20-27-46(73)38-69)55(80)51(78)36-54-63(88)64(89)65(90)66(91-54)50(77)33-31-41(3)58(83)62(87)53-37-52(79)61(86)67(92-53)60(85)48(75)28-15-13-11-9-7-5-6-8-10-12-14-16-34-68/h12,14-16,28,34,39-40,42-67,69-90H,3,5-11,13,17-27,29-33,35-38H2,1-2,4H3/b14-12+,28-15+,34-16+. The van der Waals surface area contributed by atoms with Gasteiger partial charge in [-0.05, 0) is 152 Å². The van der Waals surface area contributed by atoms with Crippen LogP contribution in [0.5, 0.6) is 0 Å². The van der Waals surface area contributed by atoms with Crippen molar-refractivity contribution in [3.05, 3.63) is 48.1 Å². The van der Waals surface area contributed by atoms with Gasteiger partial charge in [-0.2, -0.15) is 0 Å². The van der Waals surface area contributed by atoms with Crippen LogP contribution in [0.2, 0.25) is 0 Å². The van der Waals surface area contributed by atoms with Crippen molar-refractivity contribution in [2.24, 2.45) is 17.8 Å². The predicted molar refractivity (Wildman–Crippen MR) is 345 cm³/mol. The molecule has 0 amide bonds. The zero-order valence-electron chi connectivity index (χ0n) is 54.7. The van der Waals surface area contributed by atoms with E-state index in [2.05, 4.69) is 12.7 Å². The van der Waals surface area contributed by atoms with E-state index in [4.69, 9.17) is 26.2 Å². The summed E-state index contributed by atoms with van der Waals surface area (Å²) in [5, 5.41) is 235. The number of ether oxygens (including phenoxy) is 2. The van der Waals surface area contributed by atoms with E-state index in [1.165, 1.54) is 11.6 Å². The minimum atomic E-state index is -1.87. The molecule has 0 saturated carbocycles. The molecular weight excluding hydrogens is 1220 g/mol. The maximum absolute atomic E-state index is 11.2. The molecule has 2 rings (SSSR count). The second-order valence-electron chi connectivity index (χ2n) is 26.8. The Balaban J connectivity index is 1.79. The zero-order valence-corrected chi connectivity index (χ0v) is 55.4. The Morgan fingerprint density at radius 2 is 1.00 bits per heavy atom. The molecule has 0 spiro atoms. The summed E-state index contributed by atoms with van der Waals surface area (Å²) < 4.78 is 11.6. The Morgan fingerprint density at radius 1 is 0.478 bits per heavy atom. The molecule has 25 heteroatoms. The highest BCUT2D eigenvalue weighted by Gasteiger charge is 2.49. The van der Waals surface area contributed by atoms with Gasteiger partial charge in [-0.1, -0.05) is 101 Å². The molecule has 2 aliphatic rings. The molecule has 28 atom stereocenters. The van der Waals surface area contributed by atoms with Crippen molar-refractivity contribution in [1.29, 1.82) is 0 Å². The molecule has 542 valence electrons. The van der Waals surface area contributed by atoms with Crippen LogP contribution in [0.15, 0.2) is 48.1 Å². The first-order valence-electron chi connectivity index (χ1n) is 34.0. The summed E-state index contributed by atoms with van der Waals surface area (Å²) in [5.41, 5.74) is 1.41. The third-order valence-electron chi connectivity index (χ3n) is 18.8. The third kappa shape index (κ3) is 31.9. The Hall–Kier alpha value is -1.71. The van der Waals surface area contributed by atoms with Gasteiger partial charge in [0.15, 0.2) is 0 Å². The molecule has 0 radical (unpaired) electrons. The van der Waals surface area contributed by atoms with Gasteiger partial charge in [0.25, 0.3) is 0 Å². The number of halogens is 1. The fourth-order valence-electron chi connectivity index (χ4n) is 12.3. The van der Waals surface area contributed by atoms with Crippen LogP contribution < -0.4 is 0 Å². The topological polar surface area (TPSA) is 464 Å². The quantitative estimate of drug-likeness (QED) is 0.0229. The molecule has 2 saturated heterocycles. The van der Waals surface area contributed by atoms with Gasteiger partial charge in [-0.25, -0.2) is 0 Å². The van der Waals surface area contributed by atoms with Crippen molar-refractivity contribution in [3.63, 3.8) is 0 Å². The molecule has 0 aliphatic carbocycles. The molecule has 24 nitrogen and oxygen atoms in total. The molecule has 22 N–H and O–H groups in total. The van der Waals surface area contributed by atoms with E-state index < -0.39 is 177 Å². The lowest BCUT2D eigenvalue weighted by Gasteiger charge is -2.43. The van der Waals surface area contributed by atoms with Gasteiger partial charge in [-0.15, -0.1) is 0 Å². The summed E-state index contributed by atoms with van der Waals surface area (Å²) >= 11 is 5.50. The summed E-state index contributed by atoms with van der Waals surface area (Å²) in [4.78, 5) is 0. The first kappa shape index (κ1) is 86.4. The van der Waals surface area contributed by atoms with Gasteiger partial charge < -0.3 is 122 Å². The average molecular weight is 1350 g/mol. The number of hydrogen-bond acceptors (Lipinski definition) is 24. The zero-order chi connectivity index (χ0) is 69.2. The highest BCUT2D eigenvalue weighted by atomic mass is 35.5. The highest BCUT2D eigenvalue weighted by molar-refractivity contribution is 6.25. The van der Waals surface area contributed by atoms with Crippen LogP contribution in [0.4, 0.5) is 0 Å². The number of unbranched alkanes of at least 4 members (excludes halogenated alkanes) is 7. The Morgan fingerprint density at radius 3 is 1.59 bits per heavy atom. The highest BCUT2D eigenvalue weighted by Crippen LogP contribution is 2.33. The fraction of sp³-hybridized carbons (Fsp3) is 0.881. The van der Waals surface area contributed by atoms with Crippen LogP contribution >= 0.6 is 11.6 Å². The monoisotopic (exact) mass is 1350 g/mol. The lowest BCUT2D eigenvalue weighted by atomic mass is 9.85. The normalized spacial score (nSPS) is 28.1. The molecule has 28 unspecified atom stereocenters. The molecule has 0 aromatic carbocycles. The van der Waals surface area contributed by atoms with Crippen molar-refractivity contribution in [2.45, 2.75) is 347 Å². The maximum Gasteiger partial charge on any atom is 0.115 e. The molecule has 2 heterocycles. The van der Waals surface area contributed by atoms with Gasteiger partial charge in [0.2, 0.25) is 0 Å². The first-order chi connectivity index (χ1) is 43.5. The summed E-state index contributed by atoms with van der Waals surface area (Å²) in [6.45, 7) is 8.40. The molecule has 0 aromatic rings. The van der Waals surface area contributed by atoms with E-state index in [9.17, 15) is 107 Å². The third-order valence-corrected chi connectivity index (χ3v) is 18.9. The molecule has 0 bridgehead atoms. The van der Waals surface area contributed by atoms with E-state index in [0.717, 1.165) is 44.9 Å². The molecule has 92 heavy (non-hydrogen) atoms. The summed E-state index contributed by atoms with van der Waals surface area (Å²) in [5.74, 6) is -1.78. The van der Waals surface area contributed by atoms with Gasteiger partial charge in [-0.3, -0.25) is 0 Å². The molecular formula is C67H123ClO24. The Bertz CT molecular complexity index is 1980. The lowest BCUT2D eigenvalue weighted by molar-refractivity contribution is -0.250. The average Bonchev–Trinajstić information content (AvgIpc) is 0.872. The van der Waals surface area contributed by atoms with E-state index >= 15 is 0 Å². The minimum absolute atomic E-state index is 0.0232. The van der Waals surface area contributed by atoms with Crippen molar-refractivity contribution < 1.29 is 122 Å². The van der Waals surface area contributed by atoms with Crippen molar-refractivity contribution in [3.8, 4) is 0 Å². The second-order valence-corrected chi connectivity index (χ2v) is 27.0. The van der Waals surface area contributed by atoms with Gasteiger partial charge in [0, 0.05) is 18.4 Å². The van der Waals surface area contributed by atoms with Crippen molar-refractivity contribution >= 4 is 11.6 Å². The maximum atomic E-state index is 11.2. The molecule has 0 aromatic heterocycles. The van der Waals surface area contributed by atoms with Gasteiger partial charge in [0.1, 0.15) is 67.1 Å². The minimum Gasteiger partial charge on any atom is -0.394 e. The molecule has 2 aliphatic heterocycles. The van der Waals surface area contributed by atoms with Crippen LogP contribution in [-0.2, 0) is 9.47 Å². The number of aliphatic hydroxyl groups is 22. The number of aliphatic hydroxyl groups excluding tert-OH is 22. The molecule has 2 fully saturated rings.